The van der Waals surface area contributed by atoms with E-state index in [-0.39, 0.29) is 18.4 Å². The van der Waals surface area contributed by atoms with Crippen LogP contribution < -0.4 is 11.1 Å². The van der Waals surface area contributed by atoms with Crippen LogP contribution in [0.4, 0.5) is 5.69 Å². The molecule has 3 N–H and O–H groups in total. The molecule has 7 heteroatoms. The summed E-state index contributed by atoms with van der Waals surface area (Å²) in [5.41, 5.74) is 7.33. The van der Waals surface area contributed by atoms with Gasteiger partial charge in [0.2, 0.25) is 11.8 Å². The Labute approximate surface area is 147 Å². The van der Waals surface area contributed by atoms with Crippen molar-refractivity contribution < 1.29 is 14.3 Å². The van der Waals surface area contributed by atoms with Crippen molar-refractivity contribution >= 4 is 28.4 Å². The number of amides is 2. The van der Waals surface area contributed by atoms with Crippen molar-refractivity contribution in [2.75, 3.05) is 32.1 Å². The van der Waals surface area contributed by atoms with Gasteiger partial charge in [-0.05, 0) is 38.1 Å². The Kier molecular flexibility index (Phi) is 6.55. The zero-order chi connectivity index (χ0) is 18.4. The molecule has 2 rings (SSSR count). The topological polar surface area (TPSA) is 89.6 Å². The highest BCUT2D eigenvalue weighted by atomic mass is 16.5. The molecule has 1 unspecified atom stereocenters. The van der Waals surface area contributed by atoms with Crippen LogP contribution in [0.25, 0.3) is 10.9 Å². The van der Waals surface area contributed by atoms with Gasteiger partial charge in [-0.3, -0.25) is 9.59 Å². The Morgan fingerprint density at radius 3 is 2.64 bits per heavy atom. The fourth-order valence-electron chi connectivity index (χ4n) is 2.73. The Morgan fingerprint density at radius 2 is 2.00 bits per heavy atom. The zero-order valence-electron chi connectivity index (χ0n) is 15.0. The van der Waals surface area contributed by atoms with Crippen LogP contribution in [-0.2, 0) is 20.9 Å². The number of benzene rings is 1. The summed E-state index contributed by atoms with van der Waals surface area (Å²) >= 11 is 0. The van der Waals surface area contributed by atoms with Crippen molar-refractivity contribution in [1.82, 2.24) is 9.47 Å². The van der Waals surface area contributed by atoms with Crippen LogP contribution in [0.5, 0.6) is 0 Å². The van der Waals surface area contributed by atoms with Crippen molar-refractivity contribution in [2.45, 2.75) is 26.4 Å². The number of aromatic nitrogens is 1. The zero-order valence-corrected chi connectivity index (χ0v) is 15.0. The van der Waals surface area contributed by atoms with Gasteiger partial charge in [-0.25, -0.2) is 0 Å². The van der Waals surface area contributed by atoms with Gasteiger partial charge < -0.3 is 25.3 Å². The second-order valence-electron chi connectivity index (χ2n) is 5.83. The highest BCUT2D eigenvalue weighted by Gasteiger charge is 2.14. The highest BCUT2D eigenvalue weighted by molar-refractivity contribution is 5.97. The number of likely N-dealkylation sites (N-methyl/N-ethyl adjacent to an activating group) is 1. The molecule has 1 atom stereocenters. The third-order valence-corrected chi connectivity index (χ3v) is 4.14. The quantitative estimate of drug-likeness (QED) is 0.756. The summed E-state index contributed by atoms with van der Waals surface area (Å²) in [5, 5.41) is 3.73. The standard InChI is InChI=1S/C18H26N4O3/c1-4-21(5-2)17(23)11-22-9-8-13-10-14(6-7-16(13)22)20-18(24)15(19)12-25-3/h6-10,15H,4-5,11-12,19H2,1-3H3,(H,20,24). The fraction of sp³-hybridized carbons (Fsp3) is 0.444. The predicted molar refractivity (Wildman–Crippen MR) is 98.3 cm³/mol. The summed E-state index contributed by atoms with van der Waals surface area (Å²) in [7, 11) is 1.50. The minimum absolute atomic E-state index is 0.0884. The van der Waals surface area contributed by atoms with Crippen molar-refractivity contribution in [1.29, 1.82) is 0 Å². The molecule has 1 aromatic heterocycles. The lowest BCUT2D eigenvalue weighted by Gasteiger charge is -2.19. The molecule has 136 valence electrons. The predicted octanol–water partition coefficient (Wildman–Crippen LogP) is 1.42. The third-order valence-electron chi connectivity index (χ3n) is 4.14. The molecule has 2 aromatic rings. The van der Waals surface area contributed by atoms with Gasteiger partial charge >= 0.3 is 0 Å². The van der Waals surface area contributed by atoms with E-state index in [1.165, 1.54) is 7.11 Å². The average molecular weight is 346 g/mol. The van der Waals surface area contributed by atoms with Gasteiger partial charge in [0.1, 0.15) is 12.6 Å². The molecule has 1 aromatic carbocycles. The van der Waals surface area contributed by atoms with Gasteiger partial charge in [-0.1, -0.05) is 0 Å². The van der Waals surface area contributed by atoms with Crippen molar-refractivity contribution in [3.8, 4) is 0 Å². The lowest BCUT2D eigenvalue weighted by molar-refractivity contribution is -0.131. The first kappa shape index (κ1) is 19.0. The summed E-state index contributed by atoms with van der Waals surface area (Å²) in [4.78, 5) is 26.0. The number of nitrogens with two attached hydrogens (primary N) is 1. The lowest BCUT2D eigenvalue weighted by atomic mass is 10.2. The van der Waals surface area contributed by atoms with E-state index in [0.29, 0.717) is 25.3 Å². The lowest BCUT2D eigenvalue weighted by Crippen LogP contribution is -2.39. The molecule has 0 fully saturated rings. The number of carbonyl (C=O) groups excluding carboxylic acids is 2. The number of hydrogen-bond acceptors (Lipinski definition) is 4. The van der Waals surface area contributed by atoms with E-state index in [1.54, 1.807) is 11.0 Å². The van der Waals surface area contributed by atoms with Crippen LogP contribution in [0.15, 0.2) is 30.5 Å². The van der Waals surface area contributed by atoms with E-state index in [2.05, 4.69) is 5.32 Å². The number of nitrogens with one attached hydrogen (secondary N) is 1. The van der Waals surface area contributed by atoms with Crippen LogP contribution in [0.1, 0.15) is 13.8 Å². The first-order valence-corrected chi connectivity index (χ1v) is 8.42. The molecule has 2 amide bonds. The second kappa shape index (κ2) is 8.64. The molecule has 1 heterocycles. The molecular formula is C18H26N4O3. The van der Waals surface area contributed by atoms with Crippen LogP contribution >= 0.6 is 0 Å². The Balaban J connectivity index is 2.13. The van der Waals surface area contributed by atoms with E-state index in [1.807, 2.05) is 42.8 Å². The number of fused-ring (bicyclic) bond motifs is 1. The number of hydrogen-bond donors (Lipinski definition) is 2. The maximum absolute atomic E-state index is 12.3. The molecule has 0 spiro atoms. The molecule has 25 heavy (non-hydrogen) atoms. The first-order valence-electron chi connectivity index (χ1n) is 8.42. The average Bonchev–Trinajstić information content (AvgIpc) is 2.98. The minimum atomic E-state index is -0.711. The molecule has 0 radical (unpaired) electrons. The van der Waals surface area contributed by atoms with Gasteiger partial charge in [0.05, 0.1) is 6.61 Å². The van der Waals surface area contributed by atoms with Gasteiger partial charge in [0.25, 0.3) is 0 Å². The second-order valence-corrected chi connectivity index (χ2v) is 5.83. The SMILES string of the molecule is CCN(CC)C(=O)Cn1ccc2cc(NC(=O)C(N)COC)ccc21. The van der Waals surface area contributed by atoms with E-state index in [0.717, 1.165) is 10.9 Å². The third kappa shape index (κ3) is 4.58. The Hall–Kier alpha value is -2.38. The Bertz CT molecular complexity index is 737. The Morgan fingerprint density at radius 1 is 1.28 bits per heavy atom. The summed E-state index contributed by atoms with van der Waals surface area (Å²) in [5.74, 6) is -0.206. The van der Waals surface area contributed by atoms with Crippen LogP contribution in [0.2, 0.25) is 0 Å². The number of nitrogens with zero attached hydrogens (tertiary/aromatic N) is 2. The van der Waals surface area contributed by atoms with Gasteiger partial charge in [0.15, 0.2) is 0 Å². The smallest absolute Gasteiger partial charge is 0.243 e. The van der Waals surface area contributed by atoms with Gasteiger partial charge in [-0.15, -0.1) is 0 Å². The van der Waals surface area contributed by atoms with Crippen LogP contribution in [0.3, 0.4) is 0 Å². The molecule has 0 aliphatic carbocycles. The van der Waals surface area contributed by atoms with Gasteiger partial charge in [-0.2, -0.15) is 0 Å². The summed E-state index contributed by atoms with van der Waals surface area (Å²) in [6.45, 7) is 5.81. The van der Waals surface area contributed by atoms with E-state index in [4.69, 9.17) is 10.5 Å². The van der Waals surface area contributed by atoms with Crippen molar-refractivity contribution in [3.63, 3.8) is 0 Å². The molecule has 0 saturated heterocycles. The highest BCUT2D eigenvalue weighted by Crippen LogP contribution is 2.21. The van der Waals surface area contributed by atoms with Crippen LogP contribution in [0, 0.1) is 0 Å². The van der Waals surface area contributed by atoms with E-state index < -0.39 is 6.04 Å². The maximum atomic E-state index is 12.3. The summed E-state index contributed by atoms with van der Waals surface area (Å²) in [6.07, 6.45) is 1.88. The number of carbonyl (C=O) groups is 2. The van der Waals surface area contributed by atoms with E-state index in [9.17, 15) is 9.59 Å². The molecule has 7 nitrogen and oxygen atoms in total. The summed E-state index contributed by atoms with van der Waals surface area (Å²) in [6, 6.07) is 6.78. The number of rotatable bonds is 8. The number of ether oxygens (including phenoxy) is 1. The largest absolute Gasteiger partial charge is 0.383 e. The van der Waals surface area contributed by atoms with Crippen LogP contribution in [-0.4, -0.2) is 54.1 Å². The fourth-order valence-corrected chi connectivity index (χ4v) is 2.73. The monoisotopic (exact) mass is 346 g/mol. The van der Waals surface area contributed by atoms with Gasteiger partial charge in [0, 0.05) is 43.0 Å². The molecular weight excluding hydrogens is 320 g/mol. The normalized spacial score (nSPS) is 12.2. The minimum Gasteiger partial charge on any atom is -0.383 e. The van der Waals surface area contributed by atoms with E-state index >= 15 is 0 Å². The number of methoxy groups -OCH3 is 1. The molecule has 0 aliphatic rings. The molecule has 0 aliphatic heterocycles. The summed E-state index contributed by atoms with van der Waals surface area (Å²) < 4.78 is 6.80. The molecule has 0 saturated carbocycles. The van der Waals surface area contributed by atoms with Crippen molar-refractivity contribution in [3.05, 3.63) is 30.5 Å². The molecule has 0 bridgehead atoms. The maximum Gasteiger partial charge on any atom is 0.243 e. The number of anilines is 1. The van der Waals surface area contributed by atoms with Crippen molar-refractivity contribution in [2.24, 2.45) is 5.73 Å². The first-order chi connectivity index (χ1) is 12.0.